The van der Waals surface area contributed by atoms with E-state index in [1.54, 1.807) is 0 Å². The molecular weight excluding hydrogens is 214 g/mol. The summed E-state index contributed by atoms with van der Waals surface area (Å²) in [6, 6.07) is 0. The fraction of sp³-hybridized carbons (Fsp3) is 0.929. The maximum atomic E-state index is 11.4. The monoisotopic (exact) mass is 241 g/mol. The molecule has 1 fully saturated rings. The van der Waals surface area contributed by atoms with Crippen LogP contribution in [0.3, 0.4) is 0 Å². The predicted molar refractivity (Wildman–Crippen MR) is 69.9 cm³/mol. The van der Waals surface area contributed by atoms with Crippen LogP contribution in [0.2, 0.25) is 0 Å². The molecule has 1 saturated carbocycles. The Kier molecular flexibility index (Phi) is 7.25. The zero-order chi connectivity index (χ0) is 12.5. The lowest BCUT2D eigenvalue weighted by atomic mass is 9.87. The van der Waals surface area contributed by atoms with Gasteiger partial charge >= 0.3 is 5.97 Å². The Morgan fingerprint density at radius 3 is 2.71 bits per heavy atom. The topological polar surface area (TPSA) is 38.3 Å². The zero-order valence-electron chi connectivity index (χ0n) is 11.3. The Hall–Kier alpha value is -0.570. The second-order valence-electron chi connectivity index (χ2n) is 5.15. The number of nitrogens with one attached hydrogen (secondary N) is 1. The van der Waals surface area contributed by atoms with E-state index in [2.05, 4.69) is 5.32 Å². The van der Waals surface area contributed by atoms with Crippen molar-refractivity contribution < 1.29 is 9.53 Å². The highest BCUT2D eigenvalue weighted by Crippen LogP contribution is 2.25. The maximum absolute atomic E-state index is 11.4. The molecule has 1 aliphatic carbocycles. The lowest BCUT2D eigenvalue weighted by molar-refractivity contribution is -0.147. The summed E-state index contributed by atoms with van der Waals surface area (Å²) in [7, 11) is 0. The second kappa shape index (κ2) is 8.51. The molecule has 0 aliphatic heterocycles. The highest BCUT2D eigenvalue weighted by molar-refractivity contribution is 5.72. The van der Waals surface area contributed by atoms with Gasteiger partial charge in [0, 0.05) is 6.54 Å². The molecule has 0 amide bonds. The Labute approximate surface area is 105 Å². The van der Waals surface area contributed by atoms with Crippen LogP contribution in [-0.4, -0.2) is 25.7 Å². The fourth-order valence-corrected chi connectivity index (χ4v) is 2.47. The Balaban J connectivity index is 2.00. The molecule has 0 aromatic heterocycles. The molecule has 3 heteroatoms. The van der Waals surface area contributed by atoms with Crippen LogP contribution in [0, 0.1) is 11.8 Å². The molecule has 1 atom stereocenters. The molecule has 0 radical (unpaired) electrons. The van der Waals surface area contributed by atoms with Crippen molar-refractivity contribution >= 4 is 5.97 Å². The van der Waals surface area contributed by atoms with Crippen LogP contribution >= 0.6 is 0 Å². The summed E-state index contributed by atoms with van der Waals surface area (Å²) in [6.07, 6.45) is 8.29. The first-order valence-electron chi connectivity index (χ1n) is 7.11. The van der Waals surface area contributed by atoms with Crippen LogP contribution in [0.25, 0.3) is 0 Å². The van der Waals surface area contributed by atoms with Gasteiger partial charge in [-0.05, 0) is 25.8 Å². The standard InChI is InChI=1S/C14H27NO2/c1-3-17-14(16)12(2)11-15-10-9-13-7-5-4-6-8-13/h12-13,15H,3-11H2,1-2H3. The first-order valence-corrected chi connectivity index (χ1v) is 7.11. The van der Waals surface area contributed by atoms with E-state index in [0.29, 0.717) is 6.61 Å². The highest BCUT2D eigenvalue weighted by Gasteiger charge is 2.15. The van der Waals surface area contributed by atoms with Crippen LogP contribution in [0.1, 0.15) is 52.4 Å². The van der Waals surface area contributed by atoms with Gasteiger partial charge in [0.2, 0.25) is 0 Å². The average molecular weight is 241 g/mol. The van der Waals surface area contributed by atoms with Gasteiger partial charge in [-0.1, -0.05) is 39.0 Å². The van der Waals surface area contributed by atoms with E-state index in [-0.39, 0.29) is 11.9 Å². The summed E-state index contributed by atoms with van der Waals surface area (Å²) in [6.45, 7) is 6.03. The van der Waals surface area contributed by atoms with Crippen LogP contribution in [0.15, 0.2) is 0 Å². The van der Waals surface area contributed by atoms with Gasteiger partial charge in [-0.15, -0.1) is 0 Å². The third-order valence-electron chi connectivity index (χ3n) is 3.59. The van der Waals surface area contributed by atoms with Gasteiger partial charge in [0.1, 0.15) is 0 Å². The number of hydrogen-bond acceptors (Lipinski definition) is 3. The number of hydrogen-bond donors (Lipinski definition) is 1. The van der Waals surface area contributed by atoms with Crippen LogP contribution in [0.5, 0.6) is 0 Å². The molecule has 3 nitrogen and oxygen atoms in total. The number of carbonyl (C=O) groups excluding carboxylic acids is 1. The summed E-state index contributed by atoms with van der Waals surface area (Å²) in [5.74, 6) is 0.799. The molecule has 0 heterocycles. The minimum Gasteiger partial charge on any atom is -0.466 e. The molecule has 0 bridgehead atoms. The van der Waals surface area contributed by atoms with Crippen molar-refractivity contribution in [2.75, 3.05) is 19.7 Å². The van der Waals surface area contributed by atoms with E-state index < -0.39 is 0 Å². The lowest BCUT2D eigenvalue weighted by Crippen LogP contribution is -2.29. The van der Waals surface area contributed by atoms with Gasteiger partial charge in [-0.3, -0.25) is 4.79 Å². The summed E-state index contributed by atoms with van der Waals surface area (Å²) >= 11 is 0. The summed E-state index contributed by atoms with van der Waals surface area (Å²) in [4.78, 5) is 11.4. The minimum absolute atomic E-state index is 0.0266. The van der Waals surface area contributed by atoms with Crippen molar-refractivity contribution in [3.63, 3.8) is 0 Å². The fourth-order valence-electron chi connectivity index (χ4n) is 2.47. The first-order chi connectivity index (χ1) is 8.24. The molecule has 0 saturated heterocycles. The number of ether oxygens (including phenoxy) is 1. The molecule has 1 rings (SSSR count). The minimum atomic E-state index is -0.0855. The van der Waals surface area contributed by atoms with E-state index >= 15 is 0 Å². The van der Waals surface area contributed by atoms with E-state index in [9.17, 15) is 4.79 Å². The molecule has 100 valence electrons. The Morgan fingerprint density at radius 2 is 2.06 bits per heavy atom. The Morgan fingerprint density at radius 1 is 1.35 bits per heavy atom. The number of carbonyl (C=O) groups is 1. The van der Waals surface area contributed by atoms with Gasteiger partial charge in [0.05, 0.1) is 12.5 Å². The molecule has 1 aliphatic rings. The third-order valence-corrected chi connectivity index (χ3v) is 3.59. The normalized spacial score (nSPS) is 18.9. The van der Waals surface area contributed by atoms with Crippen molar-refractivity contribution in [2.24, 2.45) is 11.8 Å². The Bertz CT molecular complexity index is 212. The average Bonchev–Trinajstić information content (AvgIpc) is 2.36. The number of esters is 1. The van der Waals surface area contributed by atoms with Crippen LogP contribution < -0.4 is 5.32 Å². The van der Waals surface area contributed by atoms with Crippen LogP contribution in [0.4, 0.5) is 0 Å². The largest absolute Gasteiger partial charge is 0.466 e. The molecule has 0 aromatic carbocycles. The molecular formula is C14H27NO2. The highest BCUT2D eigenvalue weighted by atomic mass is 16.5. The molecule has 17 heavy (non-hydrogen) atoms. The number of rotatable bonds is 7. The van der Waals surface area contributed by atoms with Crippen molar-refractivity contribution in [3.8, 4) is 0 Å². The first kappa shape index (κ1) is 14.5. The van der Waals surface area contributed by atoms with Crippen molar-refractivity contribution in [2.45, 2.75) is 52.4 Å². The van der Waals surface area contributed by atoms with Crippen molar-refractivity contribution in [1.82, 2.24) is 5.32 Å². The van der Waals surface area contributed by atoms with Gasteiger partial charge in [0.25, 0.3) is 0 Å². The summed E-state index contributed by atoms with van der Waals surface area (Å²) < 4.78 is 4.97. The van der Waals surface area contributed by atoms with E-state index in [1.165, 1.54) is 38.5 Å². The van der Waals surface area contributed by atoms with Crippen molar-refractivity contribution in [3.05, 3.63) is 0 Å². The van der Waals surface area contributed by atoms with Gasteiger partial charge < -0.3 is 10.1 Å². The second-order valence-corrected chi connectivity index (χ2v) is 5.15. The molecule has 1 N–H and O–H groups in total. The van der Waals surface area contributed by atoms with Gasteiger partial charge in [-0.25, -0.2) is 0 Å². The molecule has 1 unspecified atom stereocenters. The molecule has 0 spiro atoms. The van der Waals surface area contributed by atoms with E-state index in [1.807, 2.05) is 13.8 Å². The lowest BCUT2D eigenvalue weighted by Gasteiger charge is -2.21. The quantitative estimate of drug-likeness (QED) is 0.550. The van der Waals surface area contributed by atoms with E-state index in [0.717, 1.165) is 19.0 Å². The molecule has 0 aromatic rings. The predicted octanol–water partition coefficient (Wildman–Crippen LogP) is 2.75. The maximum Gasteiger partial charge on any atom is 0.309 e. The van der Waals surface area contributed by atoms with E-state index in [4.69, 9.17) is 4.74 Å². The van der Waals surface area contributed by atoms with Gasteiger partial charge in [-0.2, -0.15) is 0 Å². The summed E-state index contributed by atoms with van der Waals surface area (Å²) in [5.41, 5.74) is 0. The SMILES string of the molecule is CCOC(=O)C(C)CNCCC1CCCCC1. The van der Waals surface area contributed by atoms with Crippen LogP contribution in [-0.2, 0) is 9.53 Å². The summed E-state index contributed by atoms with van der Waals surface area (Å²) in [5, 5.41) is 3.37. The van der Waals surface area contributed by atoms with Crippen molar-refractivity contribution in [1.29, 1.82) is 0 Å². The third kappa shape index (κ3) is 6.06. The zero-order valence-corrected chi connectivity index (χ0v) is 11.3. The van der Waals surface area contributed by atoms with Gasteiger partial charge in [0.15, 0.2) is 0 Å². The smallest absolute Gasteiger partial charge is 0.309 e.